The number of aliphatic hydroxyl groups is 1. The zero-order valence-electron chi connectivity index (χ0n) is 11.4. The standard InChI is InChI=1S/C13H16ClNO5S/c1-8-4-5-15(12(8)7-16)21(19,20)9-2-3-10(13(17)18)11(14)6-9/h2-3,6,8,12,16H,4-5,7H2,1H3,(H,17,18). The summed E-state index contributed by atoms with van der Waals surface area (Å²) in [6.07, 6.45) is 0.672. The van der Waals surface area contributed by atoms with E-state index >= 15 is 0 Å². The summed E-state index contributed by atoms with van der Waals surface area (Å²) >= 11 is 5.82. The smallest absolute Gasteiger partial charge is 0.337 e. The molecule has 1 aliphatic heterocycles. The van der Waals surface area contributed by atoms with E-state index in [0.29, 0.717) is 13.0 Å². The fourth-order valence-corrected chi connectivity index (χ4v) is 4.59. The van der Waals surface area contributed by atoms with Gasteiger partial charge in [0.1, 0.15) is 0 Å². The van der Waals surface area contributed by atoms with Gasteiger partial charge in [0.15, 0.2) is 0 Å². The molecule has 21 heavy (non-hydrogen) atoms. The summed E-state index contributed by atoms with van der Waals surface area (Å²) in [6, 6.07) is 3.07. The number of hydrogen-bond acceptors (Lipinski definition) is 4. The average molecular weight is 334 g/mol. The molecule has 2 N–H and O–H groups in total. The van der Waals surface area contributed by atoms with Crippen LogP contribution in [0.4, 0.5) is 0 Å². The van der Waals surface area contributed by atoms with Crippen LogP contribution in [0, 0.1) is 5.92 Å². The number of rotatable bonds is 4. The Morgan fingerprint density at radius 2 is 2.14 bits per heavy atom. The van der Waals surface area contributed by atoms with Gasteiger partial charge in [0.2, 0.25) is 10.0 Å². The van der Waals surface area contributed by atoms with Gasteiger partial charge in [-0.05, 0) is 30.5 Å². The molecule has 8 heteroatoms. The van der Waals surface area contributed by atoms with Gasteiger partial charge in [-0.3, -0.25) is 0 Å². The number of carboxylic acid groups (broad SMARTS) is 1. The maximum Gasteiger partial charge on any atom is 0.337 e. The van der Waals surface area contributed by atoms with Gasteiger partial charge in [-0.15, -0.1) is 0 Å². The van der Waals surface area contributed by atoms with E-state index in [-0.39, 0.29) is 28.0 Å². The lowest BCUT2D eigenvalue weighted by Gasteiger charge is -2.24. The van der Waals surface area contributed by atoms with Gasteiger partial charge in [-0.25, -0.2) is 13.2 Å². The van der Waals surface area contributed by atoms with E-state index in [0.717, 1.165) is 6.07 Å². The van der Waals surface area contributed by atoms with E-state index in [2.05, 4.69) is 0 Å². The van der Waals surface area contributed by atoms with Gasteiger partial charge in [0.25, 0.3) is 0 Å². The first-order valence-electron chi connectivity index (χ1n) is 6.44. The second kappa shape index (κ2) is 5.92. The first-order chi connectivity index (χ1) is 9.78. The normalized spacial score (nSPS) is 23.4. The molecule has 1 fully saturated rings. The fourth-order valence-electron chi connectivity index (χ4n) is 2.51. The number of aromatic carboxylic acids is 1. The van der Waals surface area contributed by atoms with Crippen LogP contribution in [0.5, 0.6) is 0 Å². The lowest BCUT2D eigenvalue weighted by molar-refractivity contribution is 0.0697. The molecule has 1 aromatic rings. The van der Waals surface area contributed by atoms with Crippen LogP contribution in [0.2, 0.25) is 5.02 Å². The van der Waals surface area contributed by atoms with E-state index in [1.54, 1.807) is 0 Å². The summed E-state index contributed by atoms with van der Waals surface area (Å²) < 4.78 is 26.4. The van der Waals surface area contributed by atoms with Crippen LogP contribution in [0.15, 0.2) is 23.1 Å². The predicted octanol–water partition coefficient (Wildman–Crippen LogP) is 1.43. The van der Waals surface area contributed by atoms with Gasteiger partial charge in [0.05, 0.1) is 28.1 Å². The number of carbonyl (C=O) groups is 1. The van der Waals surface area contributed by atoms with E-state index in [9.17, 15) is 18.3 Å². The van der Waals surface area contributed by atoms with Crippen LogP contribution in [0.25, 0.3) is 0 Å². The first-order valence-corrected chi connectivity index (χ1v) is 8.26. The highest BCUT2D eigenvalue weighted by Crippen LogP contribution is 2.31. The van der Waals surface area contributed by atoms with Crippen molar-refractivity contribution in [3.8, 4) is 0 Å². The van der Waals surface area contributed by atoms with Crippen LogP contribution in [0.3, 0.4) is 0 Å². The second-order valence-corrected chi connectivity index (χ2v) is 7.38. The Hall–Kier alpha value is -1.15. The zero-order valence-corrected chi connectivity index (χ0v) is 12.9. The van der Waals surface area contributed by atoms with Crippen LogP contribution >= 0.6 is 11.6 Å². The molecule has 0 spiro atoms. The number of carboxylic acids is 1. The molecule has 1 aliphatic rings. The number of benzene rings is 1. The first kappa shape index (κ1) is 16.2. The summed E-state index contributed by atoms with van der Waals surface area (Å²) in [4.78, 5) is 10.8. The Labute approximate surface area is 128 Å². The molecule has 1 aromatic carbocycles. The number of sulfonamides is 1. The van der Waals surface area contributed by atoms with Gasteiger partial charge < -0.3 is 10.2 Å². The van der Waals surface area contributed by atoms with Crippen molar-refractivity contribution >= 4 is 27.6 Å². The van der Waals surface area contributed by atoms with Crippen LogP contribution in [-0.4, -0.2) is 48.1 Å². The summed E-state index contributed by atoms with van der Waals surface area (Å²) in [5.74, 6) is -1.15. The highest BCUT2D eigenvalue weighted by atomic mass is 35.5. The minimum atomic E-state index is -3.80. The zero-order chi connectivity index (χ0) is 15.8. The predicted molar refractivity (Wildman–Crippen MR) is 77.0 cm³/mol. The molecule has 2 atom stereocenters. The number of nitrogens with zero attached hydrogens (tertiary/aromatic N) is 1. The Balaban J connectivity index is 2.41. The lowest BCUT2D eigenvalue weighted by Crippen LogP contribution is -2.39. The average Bonchev–Trinajstić information content (AvgIpc) is 2.79. The summed E-state index contributed by atoms with van der Waals surface area (Å²) in [5, 5.41) is 18.2. The molecule has 0 aromatic heterocycles. The highest BCUT2D eigenvalue weighted by molar-refractivity contribution is 7.89. The number of halogens is 1. The third-order valence-electron chi connectivity index (χ3n) is 3.80. The topological polar surface area (TPSA) is 94.9 Å². The molecule has 2 unspecified atom stereocenters. The summed E-state index contributed by atoms with van der Waals surface area (Å²) in [5.41, 5.74) is -0.149. The highest BCUT2D eigenvalue weighted by Gasteiger charge is 2.39. The lowest BCUT2D eigenvalue weighted by atomic mass is 10.0. The third-order valence-corrected chi connectivity index (χ3v) is 6.03. The van der Waals surface area contributed by atoms with E-state index in [1.807, 2.05) is 6.92 Å². The van der Waals surface area contributed by atoms with Gasteiger partial charge >= 0.3 is 5.97 Å². The van der Waals surface area contributed by atoms with Crippen LogP contribution in [0.1, 0.15) is 23.7 Å². The summed E-state index contributed by atoms with van der Waals surface area (Å²) in [6.45, 7) is 1.96. The minimum Gasteiger partial charge on any atom is -0.478 e. The maximum absolute atomic E-state index is 12.6. The van der Waals surface area contributed by atoms with Crippen molar-refractivity contribution < 1.29 is 23.4 Å². The Morgan fingerprint density at radius 3 is 2.67 bits per heavy atom. The molecule has 0 amide bonds. The number of hydrogen-bond donors (Lipinski definition) is 2. The third kappa shape index (κ3) is 2.91. The molecule has 1 saturated heterocycles. The quantitative estimate of drug-likeness (QED) is 0.869. The maximum atomic E-state index is 12.6. The van der Waals surface area contributed by atoms with Gasteiger partial charge in [-0.1, -0.05) is 18.5 Å². The molecule has 0 saturated carbocycles. The Kier molecular flexibility index (Phi) is 4.57. The largest absolute Gasteiger partial charge is 0.478 e. The molecular weight excluding hydrogens is 318 g/mol. The molecule has 0 radical (unpaired) electrons. The molecular formula is C13H16ClNO5S. The molecule has 1 heterocycles. The van der Waals surface area contributed by atoms with Crippen molar-refractivity contribution in [3.63, 3.8) is 0 Å². The monoisotopic (exact) mass is 333 g/mol. The van der Waals surface area contributed by atoms with E-state index in [1.165, 1.54) is 16.4 Å². The molecule has 116 valence electrons. The van der Waals surface area contributed by atoms with Gasteiger partial charge in [0, 0.05) is 6.54 Å². The van der Waals surface area contributed by atoms with E-state index < -0.39 is 22.0 Å². The van der Waals surface area contributed by atoms with Crippen molar-refractivity contribution in [1.82, 2.24) is 4.31 Å². The molecule has 0 aliphatic carbocycles. The molecule has 2 rings (SSSR count). The van der Waals surface area contributed by atoms with Gasteiger partial charge in [-0.2, -0.15) is 4.31 Å². The van der Waals surface area contributed by atoms with Crippen molar-refractivity contribution in [1.29, 1.82) is 0 Å². The number of aliphatic hydroxyl groups excluding tert-OH is 1. The van der Waals surface area contributed by atoms with Crippen molar-refractivity contribution in [2.24, 2.45) is 5.92 Å². The van der Waals surface area contributed by atoms with E-state index in [4.69, 9.17) is 16.7 Å². The minimum absolute atomic E-state index is 0.0648. The Bertz CT molecular complexity index is 661. The SMILES string of the molecule is CC1CCN(S(=O)(=O)c2ccc(C(=O)O)c(Cl)c2)C1CO. The van der Waals surface area contributed by atoms with Crippen molar-refractivity contribution in [3.05, 3.63) is 28.8 Å². The van der Waals surface area contributed by atoms with Crippen molar-refractivity contribution in [2.45, 2.75) is 24.3 Å². The Morgan fingerprint density at radius 1 is 1.48 bits per heavy atom. The fraction of sp³-hybridized carbons (Fsp3) is 0.462. The molecule has 6 nitrogen and oxygen atoms in total. The summed E-state index contributed by atoms with van der Waals surface area (Å²) in [7, 11) is -3.80. The van der Waals surface area contributed by atoms with Crippen LogP contribution in [-0.2, 0) is 10.0 Å². The second-order valence-electron chi connectivity index (χ2n) is 5.08. The van der Waals surface area contributed by atoms with Crippen molar-refractivity contribution in [2.75, 3.05) is 13.2 Å². The van der Waals surface area contributed by atoms with Crippen LogP contribution < -0.4 is 0 Å². The molecule has 0 bridgehead atoms.